The number of Topliss-reactive ketones (excluding diaryl/α,β-unsaturated/α-hetero) is 1. The van der Waals surface area contributed by atoms with Gasteiger partial charge in [0.15, 0.2) is 5.78 Å². The van der Waals surface area contributed by atoms with Crippen LogP contribution in [0.1, 0.15) is 37.7 Å². The van der Waals surface area contributed by atoms with Gasteiger partial charge in [-0.3, -0.25) is 9.59 Å². The van der Waals surface area contributed by atoms with Crippen molar-refractivity contribution in [1.82, 2.24) is 5.32 Å². The number of benzene rings is 1. The number of carbonyl (C=O) groups is 3. The molecule has 184 valence electrons. The van der Waals surface area contributed by atoms with E-state index in [1.807, 2.05) is 37.3 Å². The maximum absolute atomic E-state index is 13.6. The highest BCUT2D eigenvalue weighted by Crippen LogP contribution is 2.45. The summed E-state index contributed by atoms with van der Waals surface area (Å²) < 4.78 is 21.9. The smallest absolute Gasteiger partial charge is 0.336 e. The van der Waals surface area contributed by atoms with Crippen molar-refractivity contribution in [2.75, 3.05) is 20.3 Å². The second kappa shape index (κ2) is 10.2. The molecule has 1 aliphatic heterocycles. The van der Waals surface area contributed by atoms with Gasteiger partial charge in [-0.15, -0.1) is 0 Å². The summed E-state index contributed by atoms with van der Waals surface area (Å²) in [5.41, 5.74) is 1.87. The van der Waals surface area contributed by atoms with Crippen LogP contribution in [0.25, 0.3) is 0 Å². The molecule has 2 heterocycles. The molecule has 1 aromatic heterocycles. The van der Waals surface area contributed by atoms with Crippen LogP contribution in [-0.2, 0) is 23.9 Å². The van der Waals surface area contributed by atoms with E-state index in [2.05, 4.69) is 5.32 Å². The fourth-order valence-electron chi connectivity index (χ4n) is 4.73. The van der Waals surface area contributed by atoms with E-state index in [0.717, 1.165) is 0 Å². The molecule has 0 saturated heterocycles. The van der Waals surface area contributed by atoms with Crippen LogP contribution in [0, 0.1) is 18.8 Å². The van der Waals surface area contributed by atoms with Crippen molar-refractivity contribution in [3.63, 3.8) is 0 Å². The first kappa shape index (κ1) is 24.3. The molecule has 0 saturated carbocycles. The van der Waals surface area contributed by atoms with Gasteiger partial charge in [0.1, 0.15) is 36.4 Å². The lowest BCUT2D eigenvalue weighted by atomic mass is 9.70. The van der Waals surface area contributed by atoms with Crippen LogP contribution < -0.4 is 10.1 Å². The molecule has 1 aliphatic carbocycles. The summed E-state index contributed by atoms with van der Waals surface area (Å²) in [4.78, 5) is 39.4. The van der Waals surface area contributed by atoms with Gasteiger partial charge in [0.2, 0.25) is 0 Å². The highest BCUT2D eigenvalue weighted by molar-refractivity contribution is 6.12. The number of dihydropyridines is 1. The van der Waals surface area contributed by atoms with Gasteiger partial charge in [-0.25, -0.2) is 4.79 Å². The van der Waals surface area contributed by atoms with Crippen molar-refractivity contribution in [2.24, 2.45) is 11.8 Å². The van der Waals surface area contributed by atoms with Gasteiger partial charge in [0.25, 0.3) is 0 Å². The van der Waals surface area contributed by atoms with E-state index >= 15 is 0 Å². The molecule has 0 amide bonds. The molecule has 0 unspecified atom stereocenters. The Labute approximate surface area is 203 Å². The molecule has 0 fully saturated rings. The van der Waals surface area contributed by atoms with Crippen molar-refractivity contribution in [1.29, 1.82) is 0 Å². The number of methoxy groups -OCH3 is 1. The summed E-state index contributed by atoms with van der Waals surface area (Å²) in [5, 5.41) is 3.22. The summed E-state index contributed by atoms with van der Waals surface area (Å²) in [7, 11) is 1.27. The Morgan fingerprint density at radius 2 is 1.83 bits per heavy atom. The van der Waals surface area contributed by atoms with E-state index in [1.54, 1.807) is 26.0 Å². The van der Waals surface area contributed by atoms with Gasteiger partial charge in [-0.05, 0) is 50.5 Å². The quantitative estimate of drug-likeness (QED) is 0.363. The molecule has 2 aromatic rings. The van der Waals surface area contributed by atoms with Crippen molar-refractivity contribution >= 4 is 17.7 Å². The molecule has 2 aliphatic rings. The number of esters is 2. The van der Waals surface area contributed by atoms with Crippen LogP contribution in [0.5, 0.6) is 5.75 Å². The molecule has 0 bridgehead atoms. The third-order valence-electron chi connectivity index (χ3n) is 6.34. The number of ether oxygens (including phenoxy) is 3. The average molecular weight is 480 g/mol. The number of furan rings is 1. The molecule has 0 radical (unpaired) electrons. The fraction of sp³-hybridized carbons (Fsp3) is 0.370. The normalized spacial score (nSPS) is 21.8. The number of allylic oxidation sites excluding steroid dienone is 3. The van der Waals surface area contributed by atoms with E-state index in [-0.39, 0.29) is 30.5 Å². The second-order valence-corrected chi connectivity index (χ2v) is 8.78. The highest BCUT2D eigenvalue weighted by atomic mass is 16.6. The third kappa shape index (κ3) is 4.87. The Balaban J connectivity index is 1.61. The molecule has 3 atom stereocenters. The monoisotopic (exact) mass is 479 g/mol. The van der Waals surface area contributed by atoms with Crippen LogP contribution in [0.15, 0.2) is 69.4 Å². The number of para-hydroxylation sites is 1. The number of nitrogens with one attached hydrogen (secondary N) is 1. The third-order valence-corrected chi connectivity index (χ3v) is 6.34. The standard InChI is InChI=1S/C27H29NO7/c1-15-14-19-23(25(29)21(15)26(30)32-4)24(20-11-10-16(2)35-20)22(17(3)28-19)27(31)34-13-12-33-18-8-6-5-7-9-18/h5-11,15,21,24,28H,12-14H2,1-4H3/t15-,21+,24-/m1/s1. The van der Waals surface area contributed by atoms with Crippen molar-refractivity contribution < 1.29 is 33.0 Å². The lowest BCUT2D eigenvalue weighted by molar-refractivity contribution is -0.151. The molecule has 1 aromatic carbocycles. The lowest BCUT2D eigenvalue weighted by Gasteiger charge is -2.37. The van der Waals surface area contributed by atoms with Crippen molar-refractivity contribution in [2.45, 2.75) is 33.1 Å². The van der Waals surface area contributed by atoms with Crippen LogP contribution in [0.4, 0.5) is 0 Å². The van der Waals surface area contributed by atoms with Crippen molar-refractivity contribution in [3.05, 3.63) is 76.5 Å². The van der Waals surface area contributed by atoms with Gasteiger partial charge in [-0.1, -0.05) is 25.1 Å². The minimum Gasteiger partial charge on any atom is -0.490 e. The number of ketones is 1. The molecule has 35 heavy (non-hydrogen) atoms. The number of hydrogen-bond donors (Lipinski definition) is 1. The topological polar surface area (TPSA) is 104 Å². The summed E-state index contributed by atoms with van der Waals surface area (Å²) in [5.74, 6) is -1.79. The predicted molar refractivity (Wildman–Crippen MR) is 126 cm³/mol. The van der Waals surface area contributed by atoms with Crippen LogP contribution in [0.2, 0.25) is 0 Å². The summed E-state index contributed by atoms with van der Waals surface area (Å²) in [6.45, 7) is 5.60. The summed E-state index contributed by atoms with van der Waals surface area (Å²) in [6, 6.07) is 12.7. The SMILES string of the molecule is COC(=O)[C@@H]1C(=O)C2=C(C[C@H]1C)NC(C)=C(C(=O)OCCOc1ccccc1)[C@H]2c1ccc(C)o1. The molecule has 8 heteroatoms. The Morgan fingerprint density at radius 1 is 1.09 bits per heavy atom. The van der Waals surface area contributed by atoms with Gasteiger partial charge in [0.05, 0.1) is 18.6 Å². The molecule has 4 rings (SSSR count). The summed E-state index contributed by atoms with van der Waals surface area (Å²) >= 11 is 0. The van der Waals surface area contributed by atoms with Crippen LogP contribution in [-0.4, -0.2) is 38.0 Å². The summed E-state index contributed by atoms with van der Waals surface area (Å²) in [6.07, 6.45) is 0.460. The van der Waals surface area contributed by atoms with E-state index in [9.17, 15) is 14.4 Å². The van der Waals surface area contributed by atoms with Gasteiger partial charge in [-0.2, -0.15) is 0 Å². The molecular weight excluding hydrogens is 450 g/mol. The Hall–Kier alpha value is -3.81. The first-order valence-electron chi connectivity index (χ1n) is 11.6. The van der Waals surface area contributed by atoms with Gasteiger partial charge < -0.3 is 23.9 Å². The number of aryl methyl sites for hydroxylation is 1. The highest BCUT2D eigenvalue weighted by Gasteiger charge is 2.48. The molecule has 1 N–H and O–H groups in total. The minimum atomic E-state index is -0.950. The number of carbonyl (C=O) groups excluding carboxylic acids is 3. The lowest BCUT2D eigenvalue weighted by Crippen LogP contribution is -2.43. The maximum atomic E-state index is 13.6. The molecular formula is C27H29NO7. The van der Waals surface area contributed by atoms with Gasteiger partial charge >= 0.3 is 11.9 Å². The number of rotatable bonds is 7. The van der Waals surface area contributed by atoms with E-state index in [4.69, 9.17) is 18.6 Å². The zero-order valence-electron chi connectivity index (χ0n) is 20.3. The fourth-order valence-corrected chi connectivity index (χ4v) is 4.73. The predicted octanol–water partition coefficient (Wildman–Crippen LogP) is 3.82. The Bertz CT molecular complexity index is 1190. The van der Waals surface area contributed by atoms with Crippen LogP contribution >= 0.6 is 0 Å². The van der Waals surface area contributed by atoms with Gasteiger partial charge in [0, 0.05) is 17.0 Å². The molecule has 8 nitrogen and oxygen atoms in total. The minimum absolute atomic E-state index is 0.0239. The maximum Gasteiger partial charge on any atom is 0.336 e. The first-order valence-corrected chi connectivity index (χ1v) is 11.6. The largest absolute Gasteiger partial charge is 0.490 e. The van der Waals surface area contributed by atoms with E-state index < -0.39 is 23.8 Å². The second-order valence-electron chi connectivity index (χ2n) is 8.78. The average Bonchev–Trinajstić information content (AvgIpc) is 3.27. The first-order chi connectivity index (χ1) is 16.8. The van der Waals surface area contributed by atoms with Crippen molar-refractivity contribution in [3.8, 4) is 5.75 Å². The zero-order valence-corrected chi connectivity index (χ0v) is 20.3. The van der Waals surface area contributed by atoms with Crippen LogP contribution in [0.3, 0.4) is 0 Å². The Kier molecular flexibility index (Phi) is 7.10. The number of hydrogen-bond acceptors (Lipinski definition) is 8. The van der Waals surface area contributed by atoms with E-state index in [1.165, 1.54) is 7.11 Å². The van der Waals surface area contributed by atoms with E-state index in [0.29, 0.717) is 40.7 Å². The zero-order chi connectivity index (χ0) is 25.1. The molecule has 0 spiro atoms. The Morgan fingerprint density at radius 3 is 2.49 bits per heavy atom.